The van der Waals surface area contributed by atoms with Crippen LogP contribution >= 0.6 is 11.6 Å². The first-order chi connectivity index (χ1) is 12.5. The summed E-state index contributed by atoms with van der Waals surface area (Å²) in [5, 5.41) is 0.663. The van der Waals surface area contributed by atoms with Gasteiger partial charge in [0.05, 0.1) is 18.7 Å². The van der Waals surface area contributed by atoms with E-state index in [0.717, 1.165) is 5.56 Å². The van der Waals surface area contributed by atoms with Gasteiger partial charge in [0.15, 0.2) is 0 Å². The van der Waals surface area contributed by atoms with Gasteiger partial charge < -0.3 is 14.5 Å². The zero-order valence-corrected chi connectivity index (χ0v) is 15.6. The molecule has 1 saturated heterocycles. The molecule has 2 aromatic carbocycles. The van der Waals surface area contributed by atoms with Gasteiger partial charge in [-0.15, -0.1) is 0 Å². The van der Waals surface area contributed by atoms with Crippen molar-refractivity contribution in [2.24, 2.45) is 5.92 Å². The normalized spacial score (nSPS) is 16.7. The Morgan fingerprint density at radius 2 is 1.92 bits per heavy atom. The molecule has 1 aliphatic rings. The van der Waals surface area contributed by atoms with Crippen LogP contribution < -0.4 is 9.64 Å². The first kappa shape index (κ1) is 18.3. The molecule has 0 saturated carbocycles. The summed E-state index contributed by atoms with van der Waals surface area (Å²) >= 11 is 5.90. The van der Waals surface area contributed by atoms with Crippen LogP contribution in [-0.2, 0) is 16.1 Å². The van der Waals surface area contributed by atoms with Gasteiger partial charge >= 0.3 is 0 Å². The molecule has 2 aromatic rings. The molecule has 1 unspecified atom stereocenters. The van der Waals surface area contributed by atoms with Gasteiger partial charge in [0.25, 0.3) is 0 Å². The highest BCUT2D eigenvalue weighted by atomic mass is 35.5. The first-order valence-corrected chi connectivity index (χ1v) is 8.80. The maximum Gasteiger partial charge on any atom is 0.228 e. The van der Waals surface area contributed by atoms with Crippen LogP contribution in [0.4, 0.5) is 5.69 Å². The van der Waals surface area contributed by atoms with E-state index in [1.165, 1.54) is 0 Å². The van der Waals surface area contributed by atoms with Crippen molar-refractivity contribution in [1.82, 2.24) is 4.90 Å². The Kier molecular flexibility index (Phi) is 5.47. The van der Waals surface area contributed by atoms with Gasteiger partial charge in [-0.1, -0.05) is 35.9 Å². The molecule has 5 nitrogen and oxygen atoms in total. The molecule has 3 rings (SSSR count). The fourth-order valence-corrected chi connectivity index (χ4v) is 3.34. The second-order valence-electron chi connectivity index (χ2n) is 6.40. The number of rotatable bonds is 5. The third kappa shape index (κ3) is 3.83. The summed E-state index contributed by atoms with van der Waals surface area (Å²) < 4.78 is 5.34. The Labute approximate surface area is 158 Å². The van der Waals surface area contributed by atoms with Crippen LogP contribution in [0.1, 0.15) is 12.0 Å². The highest BCUT2D eigenvalue weighted by Crippen LogP contribution is 2.33. The van der Waals surface area contributed by atoms with Gasteiger partial charge in [-0.05, 0) is 29.8 Å². The third-order valence-corrected chi connectivity index (χ3v) is 4.81. The minimum atomic E-state index is -0.357. The zero-order valence-electron chi connectivity index (χ0n) is 14.8. The molecule has 0 aromatic heterocycles. The van der Waals surface area contributed by atoms with Crippen LogP contribution in [-0.4, -0.2) is 37.4 Å². The molecule has 1 aliphatic heterocycles. The van der Waals surface area contributed by atoms with Gasteiger partial charge in [0, 0.05) is 31.6 Å². The highest BCUT2D eigenvalue weighted by molar-refractivity contribution is 6.30. The summed E-state index contributed by atoms with van der Waals surface area (Å²) in [6.07, 6.45) is 0.210. The zero-order chi connectivity index (χ0) is 18.7. The SMILES string of the molecule is COc1ccccc1N1CC(C(=O)N(C)Cc2ccc(Cl)cc2)CC1=O. The van der Waals surface area contributed by atoms with Gasteiger partial charge in [-0.2, -0.15) is 0 Å². The number of methoxy groups -OCH3 is 1. The molecule has 1 fully saturated rings. The van der Waals surface area contributed by atoms with E-state index in [-0.39, 0.29) is 24.2 Å². The fraction of sp³-hybridized carbons (Fsp3) is 0.300. The van der Waals surface area contributed by atoms with E-state index in [1.807, 2.05) is 36.4 Å². The summed E-state index contributed by atoms with van der Waals surface area (Å²) in [6.45, 7) is 0.846. The van der Waals surface area contributed by atoms with Gasteiger partial charge in [-0.25, -0.2) is 0 Å². The minimum Gasteiger partial charge on any atom is -0.495 e. The molecule has 0 radical (unpaired) electrons. The molecule has 26 heavy (non-hydrogen) atoms. The number of halogens is 1. The average molecular weight is 373 g/mol. The largest absolute Gasteiger partial charge is 0.495 e. The lowest BCUT2D eigenvalue weighted by molar-refractivity contribution is -0.135. The van der Waals surface area contributed by atoms with E-state index in [1.54, 1.807) is 36.1 Å². The fourth-order valence-electron chi connectivity index (χ4n) is 3.21. The number of carbonyl (C=O) groups is 2. The molecule has 6 heteroatoms. The van der Waals surface area contributed by atoms with Crippen LogP contribution in [0.25, 0.3) is 0 Å². The van der Waals surface area contributed by atoms with Crippen molar-refractivity contribution in [3.63, 3.8) is 0 Å². The number of carbonyl (C=O) groups excluding carboxylic acids is 2. The molecule has 0 bridgehead atoms. The molecule has 0 spiro atoms. The van der Waals surface area contributed by atoms with Crippen molar-refractivity contribution in [1.29, 1.82) is 0 Å². The molecular weight excluding hydrogens is 352 g/mol. The number of benzene rings is 2. The Morgan fingerprint density at radius 3 is 2.62 bits per heavy atom. The topological polar surface area (TPSA) is 49.9 Å². The first-order valence-electron chi connectivity index (χ1n) is 8.42. The summed E-state index contributed by atoms with van der Waals surface area (Å²) in [4.78, 5) is 28.5. The number of amides is 2. The van der Waals surface area contributed by atoms with E-state index in [2.05, 4.69) is 0 Å². The Bertz CT molecular complexity index is 807. The summed E-state index contributed by atoms with van der Waals surface area (Å²) in [7, 11) is 3.33. The van der Waals surface area contributed by atoms with Crippen LogP contribution in [0.5, 0.6) is 5.75 Å². The van der Waals surface area contributed by atoms with Crippen molar-refractivity contribution < 1.29 is 14.3 Å². The number of hydrogen-bond donors (Lipinski definition) is 0. The lowest BCUT2D eigenvalue weighted by Crippen LogP contribution is -2.34. The number of para-hydroxylation sites is 2. The van der Waals surface area contributed by atoms with Crippen molar-refractivity contribution in [2.75, 3.05) is 25.6 Å². The quantitative estimate of drug-likeness (QED) is 0.808. The van der Waals surface area contributed by atoms with Crippen molar-refractivity contribution in [2.45, 2.75) is 13.0 Å². The molecule has 1 atom stereocenters. The van der Waals surface area contributed by atoms with E-state index in [0.29, 0.717) is 29.5 Å². The van der Waals surface area contributed by atoms with Crippen LogP contribution in [0, 0.1) is 5.92 Å². The maximum atomic E-state index is 12.8. The van der Waals surface area contributed by atoms with E-state index in [4.69, 9.17) is 16.3 Å². The summed E-state index contributed by atoms with van der Waals surface area (Å²) in [5.74, 6) is 0.173. The predicted octanol–water partition coefficient (Wildman–Crippen LogP) is 3.36. The molecule has 2 amide bonds. The smallest absolute Gasteiger partial charge is 0.228 e. The second kappa shape index (κ2) is 7.79. The Balaban J connectivity index is 1.69. The summed E-state index contributed by atoms with van der Waals surface area (Å²) in [5.41, 5.74) is 1.70. The minimum absolute atomic E-state index is 0.0364. The number of nitrogens with zero attached hydrogens (tertiary/aromatic N) is 2. The van der Waals surface area contributed by atoms with Crippen molar-refractivity contribution in [3.8, 4) is 5.75 Å². The lowest BCUT2D eigenvalue weighted by atomic mass is 10.1. The number of anilines is 1. The second-order valence-corrected chi connectivity index (χ2v) is 6.83. The Hall–Kier alpha value is -2.53. The molecule has 136 valence electrons. The Morgan fingerprint density at radius 1 is 1.23 bits per heavy atom. The maximum absolute atomic E-state index is 12.8. The van der Waals surface area contributed by atoms with Crippen molar-refractivity contribution >= 4 is 29.1 Å². The van der Waals surface area contributed by atoms with Gasteiger partial charge in [0.2, 0.25) is 11.8 Å². The van der Waals surface area contributed by atoms with Crippen molar-refractivity contribution in [3.05, 3.63) is 59.1 Å². The van der Waals surface area contributed by atoms with E-state index >= 15 is 0 Å². The monoisotopic (exact) mass is 372 g/mol. The summed E-state index contributed by atoms with van der Waals surface area (Å²) in [6, 6.07) is 14.7. The number of hydrogen-bond acceptors (Lipinski definition) is 3. The van der Waals surface area contributed by atoms with Crippen LogP contribution in [0.3, 0.4) is 0 Å². The standard InChI is InChI=1S/C20H21ClN2O3/c1-22(12-14-7-9-16(21)10-8-14)20(25)15-11-19(24)23(13-15)17-5-3-4-6-18(17)26-2/h3-10,15H,11-13H2,1-2H3. The van der Waals surface area contributed by atoms with Gasteiger partial charge in [-0.3, -0.25) is 9.59 Å². The molecule has 0 N–H and O–H groups in total. The van der Waals surface area contributed by atoms with Crippen LogP contribution in [0.2, 0.25) is 5.02 Å². The third-order valence-electron chi connectivity index (χ3n) is 4.56. The highest BCUT2D eigenvalue weighted by Gasteiger charge is 2.37. The molecular formula is C20H21ClN2O3. The molecule has 0 aliphatic carbocycles. The van der Waals surface area contributed by atoms with Gasteiger partial charge in [0.1, 0.15) is 5.75 Å². The van der Waals surface area contributed by atoms with E-state index < -0.39 is 0 Å². The van der Waals surface area contributed by atoms with E-state index in [9.17, 15) is 9.59 Å². The number of ether oxygens (including phenoxy) is 1. The molecule has 1 heterocycles. The predicted molar refractivity (Wildman–Crippen MR) is 101 cm³/mol. The average Bonchev–Trinajstić information content (AvgIpc) is 3.04. The van der Waals surface area contributed by atoms with Crippen LogP contribution in [0.15, 0.2) is 48.5 Å². The lowest BCUT2D eigenvalue weighted by Gasteiger charge is -2.22.